The Hall–Kier alpha value is -1.09. The van der Waals surface area contributed by atoms with Crippen LogP contribution in [0.25, 0.3) is 0 Å². The van der Waals surface area contributed by atoms with Crippen LogP contribution >= 0.6 is 0 Å². The normalized spacial score (nSPS) is 23.1. The number of halogens is 1. The second-order valence-corrected chi connectivity index (χ2v) is 5.88. The molecule has 1 fully saturated rings. The summed E-state index contributed by atoms with van der Waals surface area (Å²) in [5.74, 6) is 0.544. The minimum atomic E-state index is -0.160. The van der Waals surface area contributed by atoms with E-state index in [0.29, 0.717) is 5.92 Å². The molecule has 0 amide bonds. The van der Waals surface area contributed by atoms with Gasteiger partial charge in [-0.15, -0.1) is 0 Å². The van der Waals surface area contributed by atoms with Gasteiger partial charge in [0.15, 0.2) is 0 Å². The van der Waals surface area contributed by atoms with Crippen LogP contribution in [0.2, 0.25) is 0 Å². The third kappa shape index (κ3) is 2.83. The van der Waals surface area contributed by atoms with Gasteiger partial charge in [-0.3, -0.25) is 0 Å². The number of nitrogens with zero attached hydrogens (tertiary/aromatic N) is 1. The zero-order chi connectivity index (χ0) is 13.2. The van der Waals surface area contributed by atoms with E-state index in [0.717, 1.165) is 38.0 Å². The van der Waals surface area contributed by atoms with Crippen molar-refractivity contribution in [3.05, 3.63) is 30.1 Å². The molecule has 100 valence electrons. The summed E-state index contributed by atoms with van der Waals surface area (Å²) in [6, 6.07) is 6.91. The molecular formula is C15H23FN2. The highest BCUT2D eigenvalue weighted by Crippen LogP contribution is 2.36. The Morgan fingerprint density at radius 1 is 1.44 bits per heavy atom. The molecule has 2 rings (SSSR count). The van der Waals surface area contributed by atoms with Gasteiger partial charge in [-0.2, -0.15) is 0 Å². The molecule has 1 atom stereocenters. The molecule has 2 N–H and O–H groups in total. The number of rotatable bonds is 3. The van der Waals surface area contributed by atoms with E-state index in [1.54, 1.807) is 12.1 Å². The molecule has 0 bridgehead atoms. The van der Waals surface area contributed by atoms with Crippen molar-refractivity contribution < 1.29 is 4.39 Å². The van der Waals surface area contributed by atoms with E-state index in [1.807, 2.05) is 6.07 Å². The zero-order valence-electron chi connectivity index (χ0n) is 11.3. The highest BCUT2D eigenvalue weighted by Gasteiger charge is 2.34. The van der Waals surface area contributed by atoms with Crippen molar-refractivity contribution in [2.45, 2.75) is 38.6 Å². The molecular weight excluding hydrogens is 227 g/mol. The average molecular weight is 250 g/mol. The molecule has 0 aliphatic carbocycles. The van der Waals surface area contributed by atoms with Gasteiger partial charge in [0, 0.05) is 17.8 Å². The van der Waals surface area contributed by atoms with Crippen molar-refractivity contribution in [2.75, 3.05) is 18.0 Å². The number of piperidine rings is 1. The SMILES string of the molecule is CC1(C)CC(CCN)CCN1c1cccc(F)c1. The Labute approximate surface area is 109 Å². The first-order valence-corrected chi connectivity index (χ1v) is 6.76. The van der Waals surface area contributed by atoms with Crippen LogP contribution in [0.5, 0.6) is 0 Å². The van der Waals surface area contributed by atoms with Gasteiger partial charge in [0.2, 0.25) is 0 Å². The highest BCUT2D eigenvalue weighted by atomic mass is 19.1. The lowest BCUT2D eigenvalue weighted by atomic mass is 9.80. The van der Waals surface area contributed by atoms with E-state index in [2.05, 4.69) is 18.7 Å². The molecule has 1 aliphatic heterocycles. The standard InChI is InChI=1S/C15H23FN2/c1-15(2)11-12(6-8-17)7-9-18(15)14-5-3-4-13(16)10-14/h3-5,10,12H,6-9,11,17H2,1-2H3. The molecule has 3 heteroatoms. The van der Waals surface area contributed by atoms with Gasteiger partial charge < -0.3 is 10.6 Å². The Balaban J connectivity index is 2.15. The van der Waals surface area contributed by atoms with Crippen molar-refractivity contribution in [3.63, 3.8) is 0 Å². The van der Waals surface area contributed by atoms with Crippen molar-refractivity contribution in [1.82, 2.24) is 0 Å². The van der Waals surface area contributed by atoms with Gasteiger partial charge in [-0.1, -0.05) is 6.07 Å². The maximum Gasteiger partial charge on any atom is 0.125 e. The minimum Gasteiger partial charge on any atom is -0.366 e. The molecule has 1 heterocycles. The fourth-order valence-electron chi connectivity index (χ4n) is 3.14. The topological polar surface area (TPSA) is 29.3 Å². The molecule has 1 saturated heterocycles. The summed E-state index contributed by atoms with van der Waals surface area (Å²) < 4.78 is 13.3. The van der Waals surface area contributed by atoms with E-state index >= 15 is 0 Å². The zero-order valence-corrected chi connectivity index (χ0v) is 11.3. The molecule has 0 aromatic heterocycles. The third-order valence-electron chi connectivity index (χ3n) is 3.97. The second-order valence-electron chi connectivity index (χ2n) is 5.88. The maximum atomic E-state index is 13.3. The van der Waals surface area contributed by atoms with Crippen molar-refractivity contribution >= 4 is 5.69 Å². The smallest absolute Gasteiger partial charge is 0.125 e. The van der Waals surface area contributed by atoms with E-state index < -0.39 is 0 Å². The van der Waals surface area contributed by atoms with Gasteiger partial charge in [-0.05, 0) is 63.8 Å². The molecule has 1 aromatic carbocycles. The molecule has 0 spiro atoms. The van der Waals surface area contributed by atoms with E-state index in [4.69, 9.17) is 5.73 Å². The van der Waals surface area contributed by atoms with Crippen LogP contribution in [0.1, 0.15) is 33.1 Å². The van der Waals surface area contributed by atoms with Crippen LogP contribution in [-0.4, -0.2) is 18.6 Å². The lowest BCUT2D eigenvalue weighted by Crippen LogP contribution is -2.50. The molecule has 2 nitrogen and oxygen atoms in total. The third-order valence-corrected chi connectivity index (χ3v) is 3.97. The number of hydrogen-bond donors (Lipinski definition) is 1. The van der Waals surface area contributed by atoms with Crippen molar-refractivity contribution in [3.8, 4) is 0 Å². The number of nitrogens with two attached hydrogens (primary N) is 1. The largest absolute Gasteiger partial charge is 0.366 e. The van der Waals surface area contributed by atoms with Crippen molar-refractivity contribution in [1.29, 1.82) is 0 Å². The van der Waals surface area contributed by atoms with Crippen LogP contribution in [0.15, 0.2) is 24.3 Å². The Morgan fingerprint density at radius 2 is 2.22 bits per heavy atom. The summed E-state index contributed by atoms with van der Waals surface area (Å²) in [4.78, 5) is 2.32. The molecule has 1 unspecified atom stereocenters. The molecule has 1 aliphatic rings. The van der Waals surface area contributed by atoms with Crippen LogP contribution in [-0.2, 0) is 0 Å². The summed E-state index contributed by atoms with van der Waals surface area (Å²) in [5.41, 5.74) is 6.72. The van der Waals surface area contributed by atoms with E-state index in [-0.39, 0.29) is 11.4 Å². The van der Waals surface area contributed by atoms with Gasteiger partial charge >= 0.3 is 0 Å². The van der Waals surface area contributed by atoms with Gasteiger partial charge in [0.25, 0.3) is 0 Å². The van der Waals surface area contributed by atoms with Gasteiger partial charge in [0.1, 0.15) is 5.82 Å². The Kier molecular flexibility index (Phi) is 3.91. The minimum absolute atomic E-state index is 0.0753. The average Bonchev–Trinajstić information content (AvgIpc) is 2.28. The summed E-state index contributed by atoms with van der Waals surface area (Å²) in [6.07, 6.45) is 3.37. The Morgan fingerprint density at radius 3 is 2.83 bits per heavy atom. The number of benzene rings is 1. The number of hydrogen-bond acceptors (Lipinski definition) is 2. The van der Waals surface area contributed by atoms with Gasteiger partial charge in [-0.25, -0.2) is 4.39 Å². The highest BCUT2D eigenvalue weighted by molar-refractivity contribution is 5.49. The fraction of sp³-hybridized carbons (Fsp3) is 0.600. The molecule has 18 heavy (non-hydrogen) atoms. The molecule has 0 saturated carbocycles. The Bertz CT molecular complexity index is 403. The summed E-state index contributed by atoms with van der Waals surface area (Å²) in [7, 11) is 0. The lowest BCUT2D eigenvalue weighted by molar-refractivity contribution is 0.264. The summed E-state index contributed by atoms with van der Waals surface area (Å²) >= 11 is 0. The second kappa shape index (κ2) is 5.27. The van der Waals surface area contributed by atoms with E-state index in [9.17, 15) is 4.39 Å². The molecule has 1 aromatic rings. The van der Waals surface area contributed by atoms with Crippen LogP contribution < -0.4 is 10.6 Å². The van der Waals surface area contributed by atoms with Crippen LogP contribution in [0.3, 0.4) is 0 Å². The van der Waals surface area contributed by atoms with Crippen LogP contribution in [0, 0.1) is 11.7 Å². The quantitative estimate of drug-likeness (QED) is 0.892. The lowest BCUT2D eigenvalue weighted by Gasteiger charge is -2.47. The molecule has 0 radical (unpaired) electrons. The summed E-state index contributed by atoms with van der Waals surface area (Å²) in [5, 5.41) is 0. The van der Waals surface area contributed by atoms with Gasteiger partial charge in [0.05, 0.1) is 0 Å². The predicted molar refractivity (Wildman–Crippen MR) is 74.2 cm³/mol. The summed E-state index contributed by atoms with van der Waals surface area (Å²) in [6.45, 7) is 6.23. The first-order chi connectivity index (χ1) is 8.53. The number of anilines is 1. The van der Waals surface area contributed by atoms with E-state index in [1.165, 1.54) is 6.07 Å². The fourth-order valence-corrected chi connectivity index (χ4v) is 3.14. The van der Waals surface area contributed by atoms with Crippen molar-refractivity contribution in [2.24, 2.45) is 11.7 Å². The first kappa shape index (κ1) is 13.3. The monoisotopic (exact) mass is 250 g/mol. The first-order valence-electron chi connectivity index (χ1n) is 6.76. The maximum absolute atomic E-state index is 13.3. The van der Waals surface area contributed by atoms with Crippen LogP contribution in [0.4, 0.5) is 10.1 Å². The predicted octanol–water partition coefficient (Wildman–Crippen LogP) is 3.17.